The van der Waals surface area contributed by atoms with Gasteiger partial charge in [-0.15, -0.1) is 5.11 Å². The van der Waals surface area contributed by atoms with E-state index in [-0.39, 0.29) is 18.2 Å². The summed E-state index contributed by atoms with van der Waals surface area (Å²) in [6.07, 6.45) is 2.65. The van der Waals surface area contributed by atoms with Crippen LogP contribution in [0.4, 0.5) is 0 Å². The molecule has 186 valence electrons. The van der Waals surface area contributed by atoms with Gasteiger partial charge in [-0.2, -0.15) is 5.11 Å². The molecule has 2 saturated heterocycles. The number of hydrogen-bond donors (Lipinski definition) is 3. The van der Waals surface area contributed by atoms with Crippen molar-refractivity contribution in [3.63, 3.8) is 0 Å². The van der Waals surface area contributed by atoms with Crippen molar-refractivity contribution in [1.82, 2.24) is 10.2 Å². The Kier molecular flexibility index (Phi) is 7.08. The Hall–Kier alpha value is -2.50. The predicted octanol–water partition coefficient (Wildman–Crippen LogP) is 2.10. The normalized spacial score (nSPS) is 19.7. The van der Waals surface area contributed by atoms with Gasteiger partial charge in [-0.3, -0.25) is 4.90 Å². The van der Waals surface area contributed by atoms with Crippen molar-refractivity contribution in [3.8, 4) is 11.1 Å². The third-order valence-electron chi connectivity index (χ3n) is 7.23. The van der Waals surface area contributed by atoms with E-state index < -0.39 is 10.0 Å². The van der Waals surface area contributed by atoms with Crippen LogP contribution in [0.15, 0.2) is 56.5 Å². The maximum absolute atomic E-state index is 12.9. The molecule has 3 aliphatic rings. The van der Waals surface area contributed by atoms with Gasteiger partial charge in [0.25, 0.3) is 0 Å². The first kappa shape index (κ1) is 24.2. The number of amidine groups is 1. The molecule has 0 saturated carbocycles. The molecule has 0 aromatic heterocycles. The SMILES string of the molecule is NS(=O)(=O)c1c(CC2CCNCC2)ccc(-c2ccc(C3CN(CCO)C3)cc2)c1C1=NCN=N1. The molecule has 0 amide bonds. The summed E-state index contributed by atoms with van der Waals surface area (Å²) in [6, 6.07) is 12.1. The highest BCUT2D eigenvalue weighted by molar-refractivity contribution is 7.89. The molecule has 35 heavy (non-hydrogen) atoms. The van der Waals surface area contributed by atoms with Crippen LogP contribution in [-0.2, 0) is 16.4 Å². The smallest absolute Gasteiger partial charge is 0.239 e. The second-order valence-electron chi connectivity index (χ2n) is 9.59. The zero-order chi connectivity index (χ0) is 24.4. The quantitative estimate of drug-likeness (QED) is 0.515. The minimum absolute atomic E-state index is 0.121. The molecule has 0 spiro atoms. The maximum atomic E-state index is 12.9. The van der Waals surface area contributed by atoms with Crippen molar-refractivity contribution >= 4 is 15.9 Å². The van der Waals surface area contributed by atoms with E-state index in [0.717, 1.165) is 55.7 Å². The number of piperidine rings is 1. The van der Waals surface area contributed by atoms with Crippen LogP contribution in [-0.4, -0.2) is 70.3 Å². The largest absolute Gasteiger partial charge is 0.395 e. The van der Waals surface area contributed by atoms with Crippen LogP contribution in [0.3, 0.4) is 0 Å². The Bertz CT molecular complexity index is 1230. The molecule has 3 heterocycles. The number of primary sulfonamides is 1. The van der Waals surface area contributed by atoms with E-state index in [0.29, 0.717) is 36.2 Å². The highest BCUT2D eigenvalue weighted by Crippen LogP contribution is 2.36. The first-order valence-corrected chi connectivity index (χ1v) is 13.7. The first-order chi connectivity index (χ1) is 16.9. The van der Waals surface area contributed by atoms with Gasteiger partial charge in [-0.1, -0.05) is 36.4 Å². The van der Waals surface area contributed by atoms with Crippen LogP contribution < -0.4 is 10.5 Å². The second kappa shape index (κ2) is 10.2. The lowest BCUT2D eigenvalue weighted by atomic mass is 9.87. The van der Waals surface area contributed by atoms with Gasteiger partial charge in [-0.25, -0.2) is 18.5 Å². The van der Waals surface area contributed by atoms with Crippen LogP contribution >= 0.6 is 0 Å². The van der Waals surface area contributed by atoms with Gasteiger partial charge in [0.2, 0.25) is 10.0 Å². The van der Waals surface area contributed by atoms with Crippen molar-refractivity contribution < 1.29 is 13.5 Å². The van der Waals surface area contributed by atoms with E-state index in [2.05, 4.69) is 37.6 Å². The van der Waals surface area contributed by atoms with Gasteiger partial charge in [0.05, 0.1) is 11.5 Å². The van der Waals surface area contributed by atoms with Crippen LogP contribution in [0, 0.1) is 5.92 Å². The van der Waals surface area contributed by atoms with E-state index in [4.69, 9.17) is 10.2 Å². The van der Waals surface area contributed by atoms with Crippen molar-refractivity contribution in [2.45, 2.75) is 30.1 Å². The van der Waals surface area contributed by atoms with Gasteiger partial charge in [0, 0.05) is 31.1 Å². The number of benzene rings is 2. The predicted molar refractivity (Wildman–Crippen MR) is 135 cm³/mol. The number of nitrogens with one attached hydrogen (secondary N) is 1. The summed E-state index contributed by atoms with van der Waals surface area (Å²) in [4.78, 5) is 6.72. The van der Waals surface area contributed by atoms with E-state index in [1.165, 1.54) is 5.56 Å². The van der Waals surface area contributed by atoms with Crippen LogP contribution in [0.1, 0.15) is 35.4 Å². The maximum Gasteiger partial charge on any atom is 0.239 e. The molecule has 9 nitrogen and oxygen atoms in total. The molecule has 0 aliphatic carbocycles. The fraction of sp³-hybridized carbons (Fsp3) is 0.480. The van der Waals surface area contributed by atoms with Gasteiger partial charge >= 0.3 is 0 Å². The summed E-state index contributed by atoms with van der Waals surface area (Å²) in [5.41, 5.74) is 4.03. The third-order valence-corrected chi connectivity index (χ3v) is 8.27. The Morgan fingerprint density at radius 1 is 1.09 bits per heavy atom. The van der Waals surface area contributed by atoms with E-state index >= 15 is 0 Å². The zero-order valence-electron chi connectivity index (χ0n) is 19.7. The molecule has 2 fully saturated rings. The van der Waals surface area contributed by atoms with Crippen molar-refractivity contribution in [2.24, 2.45) is 26.3 Å². The standard InChI is InChI=1S/C25H32N6O3S/c26-35(33,34)24-20(13-17-7-9-27-10-8-17)5-6-22(23(24)25-28-16-29-30-25)19-3-1-18(2-4-19)21-14-31(15-21)11-12-32/h1-6,17,21,27,32H,7-16H2,(H2,26,33,34). The number of rotatable bonds is 8. The summed E-state index contributed by atoms with van der Waals surface area (Å²) in [6.45, 7) is 4.80. The molecular weight excluding hydrogens is 464 g/mol. The molecule has 5 rings (SSSR count). The lowest BCUT2D eigenvalue weighted by molar-refractivity contribution is 0.115. The number of aliphatic hydroxyl groups excluding tert-OH is 1. The number of sulfonamides is 1. The number of azo groups is 1. The number of likely N-dealkylation sites (tertiary alicyclic amines) is 1. The fourth-order valence-electron chi connectivity index (χ4n) is 5.37. The monoisotopic (exact) mass is 496 g/mol. The van der Waals surface area contributed by atoms with Crippen molar-refractivity contribution in [2.75, 3.05) is 46.0 Å². The molecular formula is C25H32N6O3S. The van der Waals surface area contributed by atoms with Gasteiger partial charge in [0.1, 0.15) is 0 Å². The van der Waals surface area contributed by atoms with Crippen molar-refractivity contribution in [3.05, 3.63) is 53.1 Å². The van der Waals surface area contributed by atoms with E-state index in [1.54, 1.807) is 0 Å². The van der Waals surface area contributed by atoms with Crippen LogP contribution in [0.5, 0.6) is 0 Å². The summed E-state index contributed by atoms with van der Waals surface area (Å²) < 4.78 is 25.9. The average Bonchev–Trinajstić information content (AvgIpc) is 3.36. The van der Waals surface area contributed by atoms with Gasteiger partial charge in [0.15, 0.2) is 12.5 Å². The minimum atomic E-state index is -4.03. The van der Waals surface area contributed by atoms with Gasteiger partial charge < -0.3 is 10.4 Å². The number of hydrogen-bond acceptors (Lipinski definition) is 8. The molecule has 0 radical (unpaired) electrons. The van der Waals surface area contributed by atoms with Gasteiger partial charge in [-0.05, 0) is 60.5 Å². The summed E-state index contributed by atoms with van der Waals surface area (Å²) >= 11 is 0. The Morgan fingerprint density at radius 3 is 2.46 bits per heavy atom. The molecule has 0 unspecified atom stereocenters. The fourth-order valence-corrected chi connectivity index (χ4v) is 6.37. The number of aliphatic hydroxyl groups is 1. The Balaban J connectivity index is 1.53. The summed E-state index contributed by atoms with van der Waals surface area (Å²) in [5.74, 6) is 1.16. The van der Waals surface area contributed by atoms with Crippen molar-refractivity contribution in [1.29, 1.82) is 0 Å². The summed E-state index contributed by atoms with van der Waals surface area (Å²) in [7, 11) is -4.03. The summed E-state index contributed by atoms with van der Waals surface area (Å²) in [5, 5.41) is 26.4. The van der Waals surface area contributed by atoms with E-state index in [9.17, 15) is 8.42 Å². The van der Waals surface area contributed by atoms with E-state index in [1.807, 2.05) is 24.3 Å². The molecule has 10 heteroatoms. The second-order valence-corrected chi connectivity index (χ2v) is 11.1. The molecule has 0 bridgehead atoms. The minimum Gasteiger partial charge on any atom is -0.395 e. The average molecular weight is 497 g/mol. The molecule has 2 aromatic rings. The molecule has 3 aliphatic heterocycles. The molecule has 0 atom stereocenters. The third kappa shape index (κ3) is 5.22. The first-order valence-electron chi connectivity index (χ1n) is 12.2. The Morgan fingerprint density at radius 2 is 1.83 bits per heavy atom. The highest BCUT2D eigenvalue weighted by atomic mass is 32.2. The molecule has 4 N–H and O–H groups in total. The number of aliphatic imine (C=N–C) groups is 1. The topological polar surface area (TPSA) is 133 Å². The van der Waals surface area contributed by atoms with Crippen LogP contribution in [0.25, 0.3) is 11.1 Å². The number of nitrogens with zero attached hydrogens (tertiary/aromatic N) is 4. The zero-order valence-corrected chi connectivity index (χ0v) is 20.5. The number of β-amino-alcohol motifs (C(OH)–C–C–N with tert-alkyl or cyclic N) is 1. The Labute approximate surface area is 206 Å². The highest BCUT2D eigenvalue weighted by Gasteiger charge is 2.30. The lowest BCUT2D eigenvalue weighted by Gasteiger charge is -2.39. The lowest BCUT2D eigenvalue weighted by Crippen LogP contribution is -2.46. The van der Waals surface area contributed by atoms with Crippen LogP contribution in [0.2, 0.25) is 0 Å². The number of nitrogens with two attached hydrogens (primary N) is 1. The molecule has 2 aromatic carbocycles.